The van der Waals surface area contributed by atoms with Crippen molar-refractivity contribution in [3.05, 3.63) is 12.1 Å². The number of unbranched alkanes of at least 4 members (excludes halogenated alkanes) is 1. The molecule has 1 saturated heterocycles. The Morgan fingerprint density at radius 2 is 2.00 bits per heavy atom. The molecule has 2 heterocycles. The highest BCUT2D eigenvalue weighted by molar-refractivity contribution is 5.69. The van der Waals surface area contributed by atoms with Crippen molar-refractivity contribution in [2.45, 2.75) is 65.1 Å². The summed E-state index contributed by atoms with van der Waals surface area (Å²) in [5.41, 5.74) is 0.0156. The Balaban J connectivity index is 1.61. The van der Waals surface area contributed by atoms with Crippen LogP contribution in [0.5, 0.6) is 11.8 Å². The van der Waals surface area contributed by atoms with Crippen LogP contribution in [0.3, 0.4) is 0 Å². The van der Waals surface area contributed by atoms with E-state index in [0.717, 1.165) is 38.7 Å². The fraction of sp³-hybridized carbons (Fsp3) is 0.722. The maximum Gasteiger partial charge on any atom is 0.333 e. The second-order valence-electron chi connectivity index (χ2n) is 7.29. The van der Waals surface area contributed by atoms with Gasteiger partial charge in [0.25, 0.3) is 0 Å². The smallest absolute Gasteiger partial charge is 0.333 e. The predicted octanol–water partition coefficient (Wildman–Crippen LogP) is 2.98. The molecule has 1 aliphatic rings. The summed E-state index contributed by atoms with van der Waals surface area (Å²) in [7, 11) is 0. The molecule has 25 heavy (non-hydrogen) atoms. The largest absolute Gasteiger partial charge is 0.492 e. The van der Waals surface area contributed by atoms with Gasteiger partial charge in [0.15, 0.2) is 6.29 Å². The van der Waals surface area contributed by atoms with Gasteiger partial charge in [-0.15, -0.1) is 4.73 Å². The first-order chi connectivity index (χ1) is 11.9. The summed E-state index contributed by atoms with van der Waals surface area (Å²) in [6.45, 7) is 5.70. The van der Waals surface area contributed by atoms with Crippen LogP contribution in [-0.4, -0.2) is 40.4 Å². The quantitative estimate of drug-likeness (QED) is 0.662. The molecule has 0 aliphatic carbocycles. The van der Waals surface area contributed by atoms with Crippen LogP contribution in [-0.2, 0) is 14.3 Å². The third-order valence-electron chi connectivity index (χ3n) is 4.27. The molecule has 142 valence electrons. The van der Waals surface area contributed by atoms with Crippen LogP contribution in [0.4, 0.5) is 0 Å². The standard InChI is InChI=1S/C18H29NO6/c1-18(2,13-24-17-8-4-6-12-23-17)11-5-3-7-16(22)25-19-14(20)9-10-15(19)21/h9-10,17,20-21H,3-8,11-13H2,1-2H3. The topological polar surface area (TPSA) is 90.2 Å². The second-order valence-corrected chi connectivity index (χ2v) is 7.29. The van der Waals surface area contributed by atoms with E-state index in [1.54, 1.807) is 0 Å². The Labute approximate surface area is 148 Å². The minimum Gasteiger partial charge on any atom is -0.492 e. The zero-order valence-electron chi connectivity index (χ0n) is 15.1. The summed E-state index contributed by atoms with van der Waals surface area (Å²) >= 11 is 0. The number of aromatic nitrogens is 1. The number of hydrogen-bond acceptors (Lipinski definition) is 6. The number of carbonyl (C=O) groups is 1. The molecule has 0 radical (unpaired) electrons. The van der Waals surface area contributed by atoms with E-state index in [0.29, 0.717) is 17.8 Å². The van der Waals surface area contributed by atoms with Crippen LogP contribution in [0.15, 0.2) is 12.1 Å². The van der Waals surface area contributed by atoms with E-state index in [4.69, 9.17) is 14.3 Å². The van der Waals surface area contributed by atoms with Crippen molar-refractivity contribution in [1.29, 1.82) is 0 Å². The van der Waals surface area contributed by atoms with Crippen molar-refractivity contribution in [1.82, 2.24) is 4.73 Å². The Kier molecular flexibility index (Phi) is 7.13. The molecule has 2 rings (SSSR count). The van der Waals surface area contributed by atoms with Crippen molar-refractivity contribution >= 4 is 5.97 Å². The Morgan fingerprint density at radius 1 is 1.28 bits per heavy atom. The van der Waals surface area contributed by atoms with Gasteiger partial charge in [0.2, 0.25) is 11.8 Å². The first kappa shape index (κ1) is 19.6. The van der Waals surface area contributed by atoms with Crippen LogP contribution in [0.25, 0.3) is 0 Å². The van der Waals surface area contributed by atoms with Gasteiger partial charge in [0.05, 0.1) is 6.61 Å². The third kappa shape index (κ3) is 6.59. The zero-order valence-corrected chi connectivity index (χ0v) is 15.1. The van der Waals surface area contributed by atoms with Crippen molar-refractivity contribution in [2.75, 3.05) is 13.2 Å². The predicted molar refractivity (Wildman–Crippen MR) is 91.1 cm³/mol. The van der Waals surface area contributed by atoms with Gasteiger partial charge in [-0.05, 0) is 37.5 Å². The van der Waals surface area contributed by atoms with Gasteiger partial charge in [-0.3, -0.25) is 0 Å². The van der Waals surface area contributed by atoms with Gasteiger partial charge in [-0.25, -0.2) is 4.79 Å². The second kappa shape index (κ2) is 9.10. The highest BCUT2D eigenvalue weighted by atomic mass is 16.7. The number of carbonyl (C=O) groups excluding carboxylic acids is 1. The first-order valence-electron chi connectivity index (χ1n) is 8.91. The normalized spacial score (nSPS) is 18.2. The molecule has 7 nitrogen and oxygen atoms in total. The lowest BCUT2D eigenvalue weighted by molar-refractivity contribution is -0.176. The SMILES string of the molecule is CC(C)(CCCCC(=O)On1c(O)ccc1O)COC1CCCCO1. The van der Waals surface area contributed by atoms with Crippen LogP contribution in [0.1, 0.15) is 58.8 Å². The van der Waals surface area contributed by atoms with Crippen molar-refractivity contribution in [2.24, 2.45) is 5.41 Å². The number of hydrogen-bond donors (Lipinski definition) is 2. The molecule has 0 bridgehead atoms. The van der Waals surface area contributed by atoms with Gasteiger partial charge >= 0.3 is 5.97 Å². The fourth-order valence-corrected chi connectivity index (χ4v) is 2.75. The van der Waals surface area contributed by atoms with E-state index in [1.807, 2.05) is 0 Å². The fourth-order valence-electron chi connectivity index (χ4n) is 2.75. The lowest BCUT2D eigenvalue weighted by Crippen LogP contribution is -2.28. The van der Waals surface area contributed by atoms with Crippen LogP contribution in [0, 0.1) is 5.41 Å². The lowest BCUT2D eigenvalue weighted by Gasteiger charge is -2.29. The number of rotatable bonds is 9. The van der Waals surface area contributed by atoms with Crippen LogP contribution >= 0.6 is 0 Å². The van der Waals surface area contributed by atoms with Crippen molar-refractivity contribution in [3.8, 4) is 11.8 Å². The van der Waals surface area contributed by atoms with Gasteiger partial charge in [0.1, 0.15) is 0 Å². The van der Waals surface area contributed by atoms with E-state index in [-0.39, 0.29) is 29.9 Å². The summed E-state index contributed by atoms with van der Waals surface area (Å²) in [5, 5.41) is 18.9. The minimum absolute atomic E-state index is 0.0156. The molecule has 0 spiro atoms. The van der Waals surface area contributed by atoms with Crippen molar-refractivity contribution in [3.63, 3.8) is 0 Å². The van der Waals surface area contributed by atoms with Gasteiger partial charge < -0.3 is 24.5 Å². The Bertz CT molecular complexity index is 528. The molecule has 1 aromatic rings. The average molecular weight is 355 g/mol. The molecule has 7 heteroatoms. The van der Waals surface area contributed by atoms with E-state index in [1.165, 1.54) is 12.1 Å². The van der Waals surface area contributed by atoms with E-state index in [2.05, 4.69) is 13.8 Å². The molecule has 1 aromatic heterocycles. The summed E-state index contributed by atoms with van der Waals surface area (Å²) in [4.78, 5) is 16.7. The molecule has 0 saturated carbocycles. The monoisotopic (exact) mass is 355 g/mol. The van der Waals surface area contributed by atoms with Gasteiger partial charge in [-0.2, -0.15) is 0 Å². The third-order valence-corrected chi connectivity index (χ3v) is 4.27. The highest BCUT2D eigenvalue weighted by Gasteiger charge is 2.22. The van der Waals surface area contributed by atoms with Crippen LogP contribution in [0.2, 0.25) is 0 Å². The molecular weight excluding hydrogens is 326 g/mol. The highest BCUT2D eigenvalue weighted by Crippen LogP contribution is 2.26. The van der Waals surface area contributed by atoms with E-state index < -0.39 is 5.97 Å². The first-order valence-corrected chi connectivity index (χ1v) is 8.91. The van der Waals surface area contributed by atoms with Gasteiger partial charge in [-0.1, -0.05) is 20.3 Å². The number of aromatic hydroxyl groups is 2. The summed E-state index contributed by atoms with van der Waals surface area (Å²) in [6, 6.07) is 2.50. The van der Waals surface area contributed by atoms with Crippen LogP contribution < -0.4 is 4.84 Å². The minimum atomic E-state index is -0.494. The molecule has 1 atom stereocenters. The lowest BCUT2D eigenvalue weighted by atomic mass is 9.88. The average Bonchev–Trinajstić information content (AvgIpc) is 2.90. The van der Waals surface area contributed by atoms with E-state index in [9.17, 15) is 15.0 Å². The molecule has 1 unspecified atom stereocenters. The number of ether oxygens (including phenoxy) is 2. The molecular formula is C18H29NO6. The van der Waals surface area contributed by atoms with E-state index >= 15 is 0 Å². The molecule has 0 aromatic carbocycles. The maximum absolute atomic E-state index is 11.8. The summed E-state index contributed by atoms with van der Waals surface area (Å²) in [6.07, 6.45) is 5.82. The van der Waals surface area contributed by atoms with Crippen molar-refractivity contribution < 1.29 is 29.3 Å². The number of nitrogens with zero attached hydrogens (tertiary/aromatic N) is 1. The zero-order chi connectivity index (χ0) is 18.3. The molecule has 2 N–H and O–H groups in total. The summed E-state index contributed by atoms with van der Waals surface area (Å²) in [5.74, 6) is -1.12. The maximum atomic E-state index is 11.8. The Morgan fingerprint density at radius 3 is 2.64 bits per heavy atom. The molecule has 1 aliphatic heterocycles. The summed E-state index contributed by atoms with van der Waals surface area (Å²) < 4.78 is 12.1. The molecule has 0 amide bonds. The van der Waals surface area contributed by atoms with Gasteiger partial charge in [0, 0.05) is 25.2 Å². The Hall–Kier alpha value is -1.73. The molecule has 1 fully saturated rings.